The Morgan fingerprint density at radius 2 is 1.17 bits per heavy atom. The Labute approximate surface area is 243 Å². The number of H-pyrrole nitrogens is 4. The molecule has 0 spiro atoms. The molecule has 0 aliphatic rings. The van der Waals surface area contributed by atoms with Crippen molar-refractivity contribution in [3.63, 3.8) is 0 Å². The lowest BCUT2D eigenvalue weighted by Gasteiger charge is -2.12. The van der Waals surface area contributed by atoms with Crippen LogP contribution in [-0.2, 0) is 0 Å². The van der Waals surface area contributed by atoms with Gasteiger partial charge in [-0.1, -0.05) is 57.2 Å². The van der Waals surface area contributed by atoms with E-state index in [1.54, 1.807) is 0 Å². The van der Waals surface area contributed by atoms with Crippen LogP contribution in [0.5, 0.6) is 0 Å². The number of fused-ring (bicyclic) bond motifs is 10. The SMILES string of the molecule is Cc1cc2c(ccc3c4cc(C(=N)CCC(C)c5ccc6c(c5)[nH]c5c7ccc(C(C)C)cc7[nH]c65)[nH]c4ccc23)[nH]1. The van der Waals surface area contributed by atoms with Gasteiger partial charge in [0.25, 0.3) is 0 Å². The van der Waals surface area contributed by atoms with E-state index in [9.17, 15) is 0 Å². The van der Waals surface area contributed by atoms with Crippen LogP contribution in [0.15, 0.2) is 72.8 Å². The monoisotopic (exact) mass is 549 g/mol. The van der Waals surface area contributed by atoms with E-state index in [0.717, 1.165) is 24.1 Å². The van der Waals surface area contributed by atoms with Crippen molar-refractivity contribution >= 4 is 71.1 Å². The van der Waals surface area contributed by atoms with Crippen LogP contribution in [-0.4, -0.2) is 25.6 Å². The van der Waals surface area contributed by atoms with Crippen molar-refractivity contribution in [1.29, 1.82) is 5.41 Å². The minimum absolute atomic E-state index is 0.344. The van der Waals surface area contributed by atoms with Crippen molar-refractivity contribution in [3.8, 4) is 0 Å². The largest absolute Gasteiger partial charge is 0.359 e. The quantitative estimate of drug-likeness (QED) is 0.128. The average molecular weight is 550 g/mol. The van der Waals surface area contributed by atoms with Crippen LogP contribution in [0.1, 0.15) is 68.0 Å². The summed E-state index contributed by atoms with van der Waals surface area (Å²) in [7, 11) is 0. The molecule has 0 amide bonds. The Hall–Kier alpha value is -4.77. The summed E-state index contributed by atoms with van der Waals surface area (Å²) < 4.78 is 0. The molecule has 4 aromatic carbocycles. The topological polar surface area (TPSA) is 87.0 Å². The van der Waals surface area contributed by atoms with E-state index < -0.39 is 0 Å². The Bertz CT molecular complexity index is 2330. The molecule has 208 valence electrons. The summed E-state index contributed by atoms with van der Waals surface area (Å²) in [6.07, 6.45) is 1.64. The molecule has 1 atom stereocenters. The maximum atomic E-state index is 8.92. The van der Waals surface area contributed by atoms with Gasteiger partial charge in [0.05, 0.1) is 22.4 Å². The molecule has 0 radical (unpaired) electrons. The fourth-order valence-electron chi connectivity index (χ4n) is 6.83. The minimum atomic E-state index is 0.344. The average Bonchev–Trinajstić information content (AvgIpc) is 3.75. The van der Waals surface area contributed by atoms with E-state index in [1.807, 2.05) is 0 Å². The first kappa shape index (κ1) is 25.0. The van der Waals surface area contributed by atoms with Gasteiger partial charge >= 0.3 is 0 Å². The lowest BCUT2D eigenvalue weighted by molar-refractivity contribution is 0.702. The summed E-state index contributed by atoms with van der Waals surface area (Å²) in [5.41, 5.74) is 12.4. The van der Waals surface area contributed by atoms with E-state index in [1.165, 1.54) is 76.7 Å². The predicted octanol–water partition coefficient (Wildman–Crippen LogP) is 10.3. The highest BCUT2D eigenvalue weighted by molar-refractivity contribution is 6.18. The van der Waals surface area contributed by atoms with E-state index in [-0.39, 0.29) is 0 Å². The number of aromatic amines is 4. The molecule has 0 aliphatic heterocycles. The summed E-state index contributed by atoms with van der Waals surface area (Å²) in [5.74, 6) is 0.853. The van der Waals surface area contributed by atoms with Crippen molar-refractivity contribution < 1.29 is 0 Å². The third-order valence-corrected chi connectivity index (χ3v) is 9.32. The second kappa shape index (κ2) is 9.12. The Kier molecular flexibility index (Phi) is 5.42. The first-order chi connectivity index (χ1) is 20.3. The summed E-state index contributed by atoms with van der Waals surface area (Å²) in [4.78, 5) is 14.3. The Morgan fingerprint density at radius 3 is 1.83 bits per heavy atom. The molecule has 5 N–H and O–H groups in total. The minimum Gasteiger partial charge on any atom is -0.359 e. The maximum absolute atomic E-state index is 8.92. The molecule has 5 nitrogen and oxygen atoms in total. The van der Waals surface area contributed by atoms with E-state index >= 15 is 0 Å². The lowest BCUT2D eigenvalue weighted by Crippen LogP contribution is -2.03. The zero-order valence-electron chi connectivity index (χ0n) is 24.5. The van der Waals surface area contributed by atoms with Crippen molar-refractivity contribution in [3.05, 3.63) is 95.3 Å². The van der Waals surface area contributed by atoms with Gasteiger partial charge in [0, 0.05) is 49.3 Å². The summed E-state index contributed by atoms with van der Waals surface area (Å²) in [6.45, 7) is 8.84. The molecule has 8 aromatic rings. The lowest BCUT2D eigenvalue weighted by atomic mass is 9.93. The van der Waals surface area contributed by atoms with Crippen molar-refractivity contribution in [2.24, 2.45) is 0 Å². The summed E-state index contributed by atoms with van der Waals surface area (Å²) in [6, 6.07) is 26.7. The zero-order chi connectivity index (χ0) is 28.7. The second-order valence-corrected chi connectivity index (χ2v) is 12.5. The predicted molar refractivity (Wildman–Crippen MR) is 179 cm³/mol. The van der Waals surface area contributed by atoms with E-state index in [2.05, 4.69) is 120 Å². The van der Waals surface area contributed by atoms with Gasteiger partial charge in [0.1, 0.15) is 0 Å². The molecule has 0 fully saturated rings. The van der Waals surface area contributed by atoms with Crippen LogP contribution in [0.4, 0.5) is 0 Å². The number of aryl methyl sites for hydroxylation is 1. The molecular weight excluding hydrogens is 514 g/mol. The van der Waals surface area contributed by atoms with Crippen LogP contribution in [0.25, 0.3) is 65.4 Å². The van der Waals surface area contributed by atoms with Crippen LogP contribution < -0.4 is 0 Å². The van der Waals surface area contributed by atoms with E-state index in [4.69, 9.17) is 5.41 Å². The van der Waals surface area contributed by atoms with Crippen LogP contribution >= 0.6 is 0 Å². The fourth-order valence-corrected chi connectivity index (χ4v) is 6.83. The molecule has 0 aliphatic carbocycles. The van der Waals surface area contributed by atoms with Crippen molar-refractivity contribution in [2.45, 2.75) is 52.4 Å². The molecule has 0 saturated heterocycles. The van der Waals surface area contributed by atoms with Gasteiger partial charge in [-0.15, -0.1) is 0 Å². The van der Waals surface area contributed by atoms with Crippen LogP contribution in [0.3, 0.4) is 0 Å². The molecular formula is C37H35N5. The summed E-state index contributed by atoms with van der Waals surface area (Å²) >= 11 is 0. The number of hydrogen-bond acceptors (Lipinski definition) is 1. The van der Waals surface area contributed by atoms with Gasteiger partial charge < -0.3 is 25.3 Å². The van der Waals surface area contributed by atoms with Crippen molar-refractivity contribution in [1.82, 2.24) is 19.9 Å². The van der Waals surface area contributed by atoms with Gasteiger partial charge in [-0.25, -0.2) is 0 Å². The van der Waals surface area contributed by atoms with Gasteiger partial charge in [0.2, 0.25) is 0 Å². The molecule has 4 aromatic heterocycles. The van der Waals surface area contributed by atoms with E-state index in [0.29, 0.717) is 17.5 Å². The highest BCUT2D eigenvalue weighted by Gasteiger charge is 2.16. The van der Waals surface area contributed by atoms with Crippen LogP contribution in [0.2, 0.25) is 0 Å². The van der Waals surface area contributed by atoms with Gasteiger partial charge in [-0.2, -0.15) is 0 Å². The Balaban J connectivity index is 1.04. The molecule has 4 heterocycles. The third kappa shape index (κ3) is 3.80. The number of hydrogen-bond donors (Lipinski definition) is 5. The molecule has 0 saturated carbocycles. The van der Waals surface area contributed by atoms with Crippen LogP contribution in [0, 0.1) is 12.3 Å². The Morgan fingerprint density at radius 1 is 0.595 bits per heavy atom. The second-order valence-electron chi connectivity index (χ2n) is 12.5. The molecule has 0 bridgehead atoms. The van der Waals surface area contributed by atoms with Crippen molar-refractivity contribution in [2.75, 3.05) is 0 Å². The normalized spacial score (nSPS) is 13.2. The smallest absolute Gasteiger partial charge is 0.0725 e. The first-order valence-electron chi connectivity index (χ1n) is 15.0. The highest BCUT2D eigenvalue weighted by atomic mass is 14.8. The number of rotatable bonds is 6. The maximum Gasteiger partial charge on any atom is 0.0725 e. The van der Waals surface area contributed by atoms with Gasteiger partial charge in [-0.3, -0.25) is 0 Å². The molecule has 8 rings (SSSR count). The molecule has 42 heavy (non-hydrogen) atoms. The molecule has 1 unspecified atom stereocenters. The van der Waals surface area contributed by atoms with Gasteiger partial charge in [-0.05, 0) is 89.9 Å². The third-order valence-electron chi connectivity index (χ3n) is 9.32. The number of nitrogens with one attached hydrogen (secondary N) is 5. The zero-order valence-corrected chi connectivity index (χ0v) is 24.5. The number of benzene rings is 4. The standard InChI is InChI=1S/C37H35N5/c1-19(2)22-6-8-26-33(16-22)41-37-27-9-7-23(17-34(27)42-36(26)37)20(3)5-12-30(38)35-18-29-25-10-13-31-28(15-21(4)39-31)24(25)11-14-32(29)40-35/h6-11,13-20,38-42H,5,12H2,1-4H3. The number of aromatic nitrogens is 4. The fraction of sp³-hybridized carbons (Fsp3) is 0.216. The molecule has 5 heteroatoms. The first-order valence-corrected chi connectivity index (χ1v) is 15.0. The summed E-state index contributed by atoms with van der Waals surface area (Å²) in [5, 5.41) is 16.3. The van der Waals surface area contributed by atoms with Gasteiger partial charge in [0.15, 0.2) is 0 Å². The highest BCUT2D eigenvalue weighted by Crippen LogP contribution is 2.35.